The zero-order valence-corrected chi connectivity index (χ0v) is 16.1. The summed E-state index contributed by atoms with van der Waals surface area (Å²) in [4.78, 5) is 23.4. The van der Waals surface area contributed by atoms with E-state index in [0.29, 0.717) is 0 Å². The van der Waals surface area contributed by atoms with E-state index in [0.717, 1.165) is 5.56 Å². The number of esters is 1. The third-order valence-electron chi connectivity index (χ3n) is 2.54. The Balaban J connectivity index is 2.29. The molecule has 0 unspecified atom stereocenters. The summed E-state index contributed by atoms with van der Waals surface area (Å²) in [5.41, 5.74) is 0.767. The van der Waals surface area contributed by atoms with Gasteiger partial charge in [-0.25, -0.2) is 19.7 Å². The van der Waals surface area contributed by atoms with Crippen LogP contribution in [0.25, 0.3) is 0 Å². The van der Waals surface area contributed by atoms with E-state index in [4.69, 9.17) is 74.3 Å². The Morgan fingerprint density at radius 1 is 0.875 bits per heavy atom. The lowest BCUT2D eigenvalue weighted by Crippen LogP contribution is -2.21. The summed E-state index contributed by atoms with van der Waals surface area (Å²) >= 11 is 34.4. The third kappa shape index (κ3) is 5.48. The van der Waals surface area contributed by atoms with Gasteiger partial charge in [0.2, 0.25) is 13.4 Å². The second-order valence-electron chi connectivity index (χ2n) is 4.36. The van der Waals surface area contributed by atoms with E-state index in [1.165, 1.54) is 0 Å². The lowest BCUT2D eigenvalue weighted by Gasteiger charge is -2.15. The molecule has 1 heterocycles. The van der Waals surface area contributed by atoms with E-state index in [1.54, 1.807) is 24.3 Å². The van der Waals surface area contributed by atoms with Crippen molar-refractivity contribution in [1.29, 1.82) is 0 Å². The number of aromatic nitrogens is 3. The van der Waals surface area contributed by atoms with E-state index >= 15 is 0 Å². The minimum absolute atomic E-state index is 0.00242. The summed E-state index contributed by atoms with van der Waals surface area (Å²) in [7, 11) is 0. The van der Waals surface area contributed by atoms with Crippen LogP contribution in [0.4, 0.5) is 0 Å². The molecule has 2 aromatic rings. The van der Waals surface area contributed by atoms with Gasteiger partial charge in [-0.2, -0.15) is 0 Å². The molecule has 2 rings (SSSR count). The van der Waals surface area contributed by atoms with Gasteiger partial charge < -0.3 is 4.74 Å². The number of hydrogen-bond acceptors (Lipinski definition) is 5. The van der Waals surface area contributed by atoms with Crippen LogP contribution in [0, 0.1) is 0 Å². The van der Waals surface area contributed by atoms with Crippen molar-refractivity contribution >= 4 is 75.6 Å². The second kappa shape index (κ2) is 7.77. The van der Waals surface area contributed by atoms with E-state index in [-0.39, 0.29) is 18.3 Å². The lowest BCUT2D eigenvalue weighted by molar-refractivity contribution is 0.0456. The molecule has 1 aromatic carbocycles. The fourth-order valence-corrected chi connectivity index (χ4v) is 2.02. The standard InChI is InChI=1S/C13H7Cl6N3O2/c14-12(15,16)10-20-8(21-11(22-10)13(17,18)19)9(23)24-6-7-4-2-1-3-5-7/h1-5H,6H2. The average Bonchev–Trinajstić information content (AvgIpc) is 2.51. The minimum Gasteiger partial charge on any atom is -0.455 e. The molecule has 0 spiro atoms. The van der Waals surface area contributed by atoms with Crippen LogP contribution in [-0.4, -0.2) is 20.9 Å². The molecule has 0 aliphatic rings. The van der Waals surface area contributed by atoms with Crippen molar-refractivity contribution < 1.29 is 9.53 Å². The molecule has 0 radical (unpaired) electrons. The Hall–Kier alpha value is -0.560. The largest absolute Gasteiger partial charge is 0.455 e. The molecule has 128 valence electrons. The van der Waals surface area contributed by atoms with Crippen molar-refractivity contribution in [2.45, 2.75) is 14.2 Å². The second-order valence-corrected chi connectivity index (χ2v) is 8.93. The van der Waals surface area contributed by atoms with Gasteiger partial charge in [0.1, 0.15) is 6.61 Å². The van der Waals surface area contributed by atoms with Crippen molar-refractivity contribution in [3.63, 3.8) is 0 Å². The number of nitrogens with zero attached hydrogens (tertiary/aromatic N) is 3. The van der Waals surface area contributed by atoms with Crippen LogP contribution in [0.1, 0.15) is 27.8 Å². The molecule has 0 aliphatic carbocycles. The minimum atomic E-state index is -2.04. The Morgan fingerprint density at radius 3 is 1.83 bits per heavy atom. The molecule has 0 bridgehead atoms. The van der Waals surface area contributed by atoms with Crippen molar-refractivity contribution in [2.24, 2.45) is 0 Å². The molecule has 1 aromatic heterocycles. The van der Waals surface area contributed by atoms with Gasteiger partial charge in [-0.1, -0.05) is 99.9 Å². The van der Waals surface area contributed by atoms with Crippen molar-refractivity contribution in [1.82, 2.24) is 15.0 Å². The zero-order valence-electron chi connectivity index (χ0n) is 11.5. The number of carbonyl (C=O) groups is 1. The maximum Gasteiger partial charge on any atom is 0.376 e. The lowest BCUT2D eigenvalue weighted by atomic mass is 10.2. The molecule has 0 N–H and O–H groups in total. The predicted octanol–water partition coefficient (Wildman–Crippen LogP) is 4.88. The van der Waals surface area contributed by atoms with Gasteiger partial charge in [-0.05, 0) is 5.56 Å². The van der Waals surface area contributed by atoms with E-state index in [1.807, 2.05) is 6.07 Å². The van der Waals surface area contributed by atoms with Crippen LogP contribution in [0.2, 0.25) is 0 Å². The molecule has 0 atom stereocenters. The maximum atomic E-state index is 12.1. The summed E-state index contributed by atoms with van der Waals surface area (Å²) < 4.78 is 1.02. The first-order valence-electron chi connectivity index (χ1n) is 6.19. The first-order chi connectivity index (χ1) is 11.1. The Bertz CT molecular complexity index is 698. The van der Waals surface area contributed by atoms with Crippen LogP contribution in [0.15, 0.2) is 30.3 Å². The topological polar surface area (TPSA) is 65.0 Å². The van der Waals surface area contributed by atoms with Crippen LogP contribution in [-0.2, 0) is 18.9 Å². The summed E-state index contributed by atoms with van der Waals surface area (Å²) in [5, 5.41) is 0. The molecular formula is C13H7Cl6N3O2. The first-order valence-corrected chi connectivity index (χ1v) is 8.45. The van der Waals surface area contributed by atoms with Crippen LogP contribution < -0.4 is 0 Å². The maximum absolute atomic E-state index is 12.1. The van der Waals surface area contributed by atoms with Crippen LogP contribution in [0.5, 0.6) is 0 Å². The molecule has 24 heavy (non-hydrogen) atoms. The highest BCUT2D eigenvalue weighted by Crippen LogP contribution is 2.39. The normalized spacial score (nSPS) is 12.1. The molecule has 0 saturated carbocycles. The quantitative estimate of drug-likeness (QED) is 0.493. The van der Waals surface area contributed by atoms with Crippen molar-refractivity contribution in [3.05, 3.63) is 53.4 Å². The number of carbonyl (C=O) groups excluding carboxylic acids is 1. The first kappa shape index (κ1) is 19.8. The van der Waals surface area contributed by atoms with E-state index < -0.39 is 19.4 Å². The number of hydrogen-bond donors (Lipinski definition) is 0. The number of benzene rings is 1. The highest BCUT2D eigenvalue weighted by atomic mass is 35.6. The number of alkyl halides is 6. The third-order valence-corrected chi connectivity index (χ3v) is 3.55. The summed E-state index contributed by atoms with van der Waals surface area (Å²) in [5.74, 6) is -2.05. The van der Waals surface area contributed by atoms with Crippen LogP contribution in [0.3, 0.4) is 0 Å². The van der Waals surface area contributed by atoms with Gasteiger partial charge in [-0.15, -0.1) is 0 Å². The molecule has 5 nitrogen and oxygen atoms in total. The summed E-state index contributed by atoms with van der Waals surface area (Å²) in [6.45, 7) is -0.00242. The van der Waals surface area contributed by atoms with Crippen molar-refractivity contribution in [2.75, 3.05) is 0 Å². The average molecular weight is 450 g/mol. The van der Waals surface area contributed by atoms with Gasteiger partial charge in [0.25, 0.3) is 0 Å². The predicted molar refractivity (Wildman–Crippen MR) is 93.9 cm³/mol. The van der Waals surface area contributed by atoms with Gasteiger partial charge >= 0.3 is 5.97 Å². The molecule has 0 fully saturated rings. The molecular weight excluding hydrogens is 443 g/mol. The highest BCUT2D eigenvalue weighted by molar-refractivity contribution is 6.67. The molecule has 11 heteroatoms. The number of ether oxygens (including phenoxy) is 1. The van der Waals surface area contributed by atoms with Gasteiger partial charge in [-0.3, -0.25) is 0 Å². The Labute approximate surface area is 167 Å². The summed E-state index contributed by atoms with van der Waals surface area (Å²) in [6, 6.07) is 8.99. The van der Waals surface area contributed by atoms with Crippen molar-refractivity contribution in [3.8, 4) is 0 Å². The fraction of sp³-hybridized carbons (Fsp3) is 0.231. The number of halogens is 6. The number of rotatable bonds is 3. The SMILES string of the molecule is O=C(OCc1ccccc1)c1nc(C(Cl)(Cl)Cl)nc(C(Cl)(Cl)Cl)n1. The van der Waals surface area contributed by atoms with E-state index in [2.05, 4.69) is 15.0 Å². The van der Waals surface area contributed by atoms with Gasteiger partial charge in [0, 0.05) is 0 Å². The molecule has 0 aliphatic heterocycles. The monoisotopic (exact) mass is 447 g/mol. The summed E-state index contributed by atoms with van der Waals surface area (Å²) in [6.07, 6.45) is 0. The van der Waals surface area contributed by atoms with Gasteiger partial charge in [0.05, 0.1) is 0 Å². The molecule has 0 amide bonds. The van der Waals surface area contributed by atoms with Crippen LogP contribution >= 0.6 is 69.6 Å². The van der Waals surface area contributed by atoms with Gasteiger partial charge in [0.15, 0.2) is 11.6 Å². The van der Waals surface area contributed by atoms with E-state index in [9.17, 15) is 4.79 Å². The highest BCUT2D eigenvalue weighted by Gasteiger charge is 2.35. The Kier molecular flexibility index (Phi) is 6.40. The Morgan fingerprint density at radius 2 is 1.38 bits per heavy atom. The fourth-order valence-electron chi connectivity index (χ4n) is 1.51. The molecule has 0 saturated heterocycles. The smallest absolute Gasteiger partial charge is 0.376 e. The zero-order chi connectivity index (χ0) is 18.0.